The van der Waals surface area contributed by atoms with Crippen LogP contribution in [-0.4, -0.2) is 46.1 Å². The lowest BCUT2D eigenvalue weighted by atomic mass is 10.00. The molecule has 9 nitrogen and oxygen atoms in total. The smallest absolute Gasteiger partial charge is 0.326 e. The molecule has 2 amide bonds. The summed E-state index contributed by atoms with van der Waals surface area (Å²) >= 11 is 0. The molecule has 2 aliphatic rings. The van der Waals surface area contributed by atoms with Gasteiger partial charge in [0.1, 0.15) is 17.8 Å². The van der Waals surface area contributed by atoms with Crippen molar-refractivity contribution in [1.82, 2.24) is 10.6 Å². The number of nitrogens with two attached hydrogens (primary N) is 1. The standard InChI is InChI=1S/C24H29N3O6/c1-13(2)9-18-23(30)27-19(24(31)32)11-14-3-6-16(7-4-14)33-21-12-15(5-8-20(21)28)10-17(25)22(29)26-18/h3-8,12-13,17-19,28H,9-11,25H2,1-2H3,(H,26,29)(H,27,30)(H,31,32). The summed E-state index contributed by atoms with van der Waals surface area (Å²) in [6.07, 6.45) is 0.516. The summed E-state index contributed by atoms with van der Waals surface area (Å²) in [5.74, 6) is -1.66. The van der Waals surface area contributed by atoms with Crippen LogP contribution in [0.4, 0.5) is 0 Å². The molecule has 4 rings (SSSR count). The van der Waals surface area contributed by atoms with Crippen molar-refractivity contribution in [2.24, 2.45) is 11.7 Å². The molecule has 3 atom stereocenters. The van der Waals surface area contributed by atoms with Crippen LogP contribution in [0.1, 0.15) is 31.4 Å². The molecule has 0 spiro atoms. The molecule has 2 heterocycles. The first-order valence-electron chi connectivity index (χ1n) is 10.8. The molecule has 0 radical (unpaired) electrons. The average Bonchev–Trinajstić information content (AvgIpc) is 2.75. The first-order chi connectivity index (χ1) is 15.6. The van der Waals surface area contributed by atoms with Crippen LogP contribution in [0.25, 0.3) is 0 Å². The number of aliphatic carboxylic acids is 1. The summed E-state index contributed by atoms with van der Waals surface area (Å²) in [5, 5.41) is 25.0. The number of nitrogens with one attached hydrogen (secondary N) is 2. The molecule has 9 heteroatoms. The van der Waals surface area contributed by atoms with Gasteiger partial charge in [-0.05, 0) is 54.2 Å². The third-order valence-corrected chi connectivity index (χ3v) is 5.36. The second-order valence-corrected chi connectivity index (χ2v) is 8.65. The normalized spacial score (nSPS) is 21.6. The molecule has 33 heavy (non-hydrogen) atoms. The highest BCUT2D eigenvalue weighted by Gasteiger charge is 2.29. The van der Waals surface area contributed by atoms with E-state index in [2.05, 4.69) is 10.6 Å². The predicted molar refractivity (Wildman–Crippen MR) is 121 cm³/mol. The maximum atomic E-state index is 12.9. The minimum Gasteiger partial charge on any atom is -0.504 e. The topological polar surface area (TPSA) is 151 Å². The number of carbonyl (C=O) groups excluding carboxylic acids is 2. The zero-order valence-electron chi connectivity index (χ0n) is 18.6. The molecule has 176 valence electrons. The first kappa shape index (κ1) is 24.1. The molecule has 4 bridgehead atoms. The Kier molecular flexibility index (Phi) is 7.55. The maximum Gasteiger partial charge on any atom is 0.326 e. The van der Waals surface area contributed by atoms with Gasteiger partial charge in [-0.3, -0.25) is 9.59 Å². The third kappa shape index (κ3) is 6.45. The van der Waals surface area contributed by atoms with Crippen LogP contribution in [0.15, 0.2) is 42.5 Å². The second-order valence-electron chi connectivity index (χ2n) is 8.65. The Labute approximate surface area is 191 Å². The van der Waals surface area contributed by atoms with Crippen LogP contribution in [0, 0.1) is 5.92 Å². The first-order valence-corrected chi connectivity index (χ1v) is 10.8. The van der Waals surface area contributed by atoms with Crippen molar-refractivity contribution in [3.8, 4) is 17.2 Å². The van der Waals surface area contributed by atoms with Crippen molar-refractivity contribution in [2.75, 3.05) is 0 Å². The molecule has 2 aromatic rings. The Balaban J connectivity index is 1.98. The van der Waals surface area contributed by atoms with E-state index in [1.165, 1.54) is 6.07 Å². The number of carbonyl (C=O) groups is 3. The van der Waals surface area contributed by atoms with Gasteiger partial charge in [-0.15, -0.1) is 0 Å². The van der Waals surface area contributed by atoms with E-state index in [0.29, 0.717) is 23.3 Å². The zero-order chi connectivity index (χ0) is 24.1. The number of benzene rings is 2. The summed E-state index contributed by atoms with van der Waals surface area (Å²) in [7, 11) is 0. The Bertz CT molecular complexity index is 1020. The molecule has 0 saturated heterocycles. The van der Waals surface area contributed by atoms with E-state index in [9.17, 15) is 24.6 Å². The molecular weight excluding hydrogens is 426 g/mol. The fraction of sp³-hybridized carbons (Fsp3) is 0.375. The number of amides is 2. The molecule has 0 aromatic heterocycles. The van der Waals surface area contributed by atoms with Gasteiger partial charge in [-0.25, -0.2) is 4.79 Å². The summed E-state index contributed by atoms with van der Waals surface area (Å²) in [6, 6.07) is 8.33. The molecular formula is C24H29N3O6. The number of ether oxygens (including phenoxy) is 1. The van der Waals surface area contributed by atoms with E-state index in [4.69, 9.17) is 10.5 Å². The third-order valence-electron chi connectivity index (χ3n) is 5.36. The number of phenolic OH excluding ortho intramolecular Hbond substituents is 1. The van der Waals surface area contributed by atoms with Gasteiger partial charge in [0.25, 0.3) is 0 Å². The quantitative estimate of drug-likeness (QED) is 0.473. The lowest BCUT2D eigenvalue weighted by Crippen LogP contribution is -2.55. The fourth-order valence-electron chi connectivity index (χ4n) is 3.62. The maximum absolute atomic E-state index is 12.9. The number of fused-ring (bicyclic) bond motifs is 10. The van der Waals surface area contributed by atoms with E-state index >= 15 is 0 Å². The second kappa shape index (κ2) is 10.4. The van der Waals surface area contributed by atoms with Gasteiger partial charge in [0, 0.05) is 6.42 Å². The van der Waals surface area contributed by atoms with Crippen LogP contribution >= 0.6 is 0 Å². The molecule has 0 fully saturated rings. The van der Waals surface area contributed by atoms with Crippen LogP contribution in [0.5, 0.6) is 17.2 Å². The largest absolute Gasteiger partial charge is 0.504 e. The van der Waals surface area contributed by atoms with Crippen molar-refractivity contribution >= 4 is 17.8 Å². The van der Waals surface area contributed by atoms with Gasteiger partial charge in [-0.2, -0.15) is 0 Å². The Morgan fingerprint density at radius 1 is 1.06 bits per heavy atom. The van der Waals surface area contributed by atoms with Gasteiger partial charge >= 0.3 is 5.97 Å². The highest BCUT2D eigenvalue weighted by Crippen LogP contribution is 2.32. The van der Waals surface area contributed by atoms with Crippen LogP contribution in [0.3, 0.4) is 0 Å². The monoisotopic (exact) mass is 455 g/mol. The van der Waals surface area contributed by atoms with Gasteiger partial charge in [-0.1, -0.05) is 32.0 Å². The molecule has 0 aliphatic carbocycles. The van der Waals surface area contributed by atoms with E-state index in [1.807, 2.05) is 13.8 Å². The lowest BCUT2D eigenvalue weighted by molar-refractivity contribution is -0.142. The number of carboxylic acid groups (broad SMARTS) is 1. The van der Waals surface area contributed by atoms with E-state index in [-0.39, 0.29) is 30.3 Å². The zero-order valence-corrected chi connectivity index (χ0v) is 18.6. The van der Waals surface area contributed by atoms with Gasteiger partial charge in [0.2, 0.25) is 11.8 Å². The number of aromatic hydroxyl groups is 1. The van der Waals surface area contributed by atoms with Crippen molar-refractivity contribution in [1.29, 1.82) is 0 Å². The summed E-state index contributed by atoms with van der Waals surface area (Å²) in [6.45, 7) is 3.80. The predicted octanol–water partition coefficient (Wildman–Crippen LogP) is 1.71. The van der Waals surface area contributed by atoms with Crippen molar-refractivity contribution < 1.29 is 29.3 Å². The number of rotatable bonds is 3. The fourth-order valence-corrected chi connectivity index (χ4v) is 3.62. The molecule has 3 unspecified atom stereocenters. The average molecular weight is 456 g/mol. The summed E-state index contributed by atoms with van der Waals surface area (Å²) < 4.78 is 5.76. The summed E-state index contributed by atoms with van der Waals surface area (Å²) in [5.41, 5.74) is 7.43. The summed E-state index contributed by atoms with van der Waals surface area (Å²) in [4.78, 5) is 37.5. The SMILES string of the molecule is CC(C)CC1NC(=O)C(N)Cc2ccc(O)c(c2)Oc2ccc(cc2)CC(C(=O)O)NC1=O. The van der Waals surface area contributed by atoms with Crippen molar-refractivity contribution in [3.05, 3.63) is 53.6 Å². The van der Waals surface area contributed by atoms with Crippen molar-refractivity contribution in [2.45, 2.75) is 51.2 Å². The van der Waals surface area contributed by atoms with E-state index in [1.54, 1.807) is 36.4 Å². The number of hydrogen-bond acceptors (Lipinski definition) is 6. The van der Waals surface area contributed by atoms with Gasteiger partial charge in [0.05, 0.1) is 6.04 Å². The van der Waals surface area contributed by atoms with Gasteiger partial charge < -0.3 is 31.3 Å². The highest BCUT2D eigenvalue weighted by atomic mass is 16.5. The van der Waals surface area contributed by atoms with Crippen LogP contribution in [0.2, 0.25) is 0 Å². The molecule has 6 N–H and O–H groups in total. The Morgan fingerprint density at radius 2 is 1.73 bits per heavy atom. The minimum absolute atomic E-state index is 0.0456. The Morgan fingerprint density at radius 3 is 2.36 bits per heavy atom. The van der Waals surface area contributed by atoms with Crippen molar-refractivity contribution in [3.63, 3.8) is 0 Å². The van der Waals surface area contributed by atoms with Gasteiger partial charge in [0.15, 0.2) is 11.5 Å². The van der Waals surface area contributed by atoms with Crippen LogP contribution < -0.4 is 21.1 Å². The molecule has 0 saturated carbocycles. The molecule has 2 aliphatic heterocycles. The number of hydrogen-bond donors (Lipinski definition) is 5. The minimum atomic E-state index is -1.19. The van der Waals surface area contributed by atoms with E-state index < -0.39 is 35.9 Å². The van der Waals surface area contributed by atoms with E-state index in [0.717, 1.165) is 0 Å². The Hall–Kier alpha value is -3.59. The number of phenols is 1. The lowest BCUT2D eigenvalue weighted by Gasteiger charge is -2.24. The van der Waals surface area contributed by atoms with Crippen LogP contribution in [-0.2, 0) is 27.2 Å². The molecule has 2 aromatic carbocycles. The number of carboxylic acids is 1. The highest BCUT2D eigenvalue weighted by molar-refractivity contribution is 5.92.